The van der Waals surface area contributed by atoms with Crippen molar-refractivity contribution in [1.82, 2.24) is 30.4 Å². The van der Waals surface area contributed by atoms with E-state index in [4.69, 9.17) is 4.42 Å². The molecule has 0 bridgehead atoms. The quantitative estimate of drug-likeness (QED) is 0.423. The highest BCUT2D eigenvalue weighted by atomic mass is 16.4. The summed E-state index contributed by atoms with van der Waals surface area (Å²) >= 11 is 0. The third-order valence-corrected chi connectivity index (χ3v) is 6.00. The molecule has 0 saturated carbocycles. The van der Waals surface area contributed by atoms with Gasteiger partial charge in [-0.25, -0.2) is 9.97 Å². The van der Waals surface area contributed by atoms with Gasteiger partial charge in [-0.15, -0.1) is 0 Å². The predicted octanol–water partition coefficient (Wildman–Crippen LogP) is 1.98. The van der Waals surface area contributed by atoms with Gasteiger partial charge in [0.15, 0.2) is 5.82 Å². The van der Waals surface area contributed by atoms with Crippen LogP contribution in [0.3, 0.4) is 0 Å². The van der Waals surface area contributed by atoms with Gasteiger partial charge in [-0.05, 0) is 24.0 Å². The Balaban J connectivity index is 1.06. The second-order valence-corrected chi connectivity index (χ2v) is 8.17. The van der Waals surface area contributed by atoms with Crippen LogP contribution < -0.4 is 15.5 Å². The first-order valence-corrected chi connectivity index (χ1v) is 10.8. The lowest BCUT2D eigenvalue weighted by Crippen LogP contribution is -2.30. The molecule has 2 aliphatic rings. The lowest BCUT2D eigenvalue weighted by atomic mass is 10.1. The smallest absolute Gasteiger partial charge is 0.303 e. The summed E-state index contributed by atoms with van der Waals surface area (Å²) in [6.07, 6.45) is 7.14. The predicted molar refractivity (Wildman–Crippen MR) is 119 cm³/mol. The number of anilines is 3. The zero-order valence-electron chi connectivity index (χ0n) is 17.7. The number of aromatic amines is 1. The van der Waals surface area contributed by atoms with Crippen LogP contribution in [0.15, 0.2) is 47.3 Å². The Morgan fingerprint density at radius 3 is 2.64 bits per heavy atom. The largest absolute Gasteiger partial charge is 0.430 e. The number of carbonyl (C=O) groups excluding carboxylic acids is 1. The van der Waals surface area contributed by atoms with Crippen molar-refractivity contribution in [2.75, 3.05) is 22.1 Å². The number of oxazole rings is 1. The molecule has 0 atom stereocenters. The van der Waals surface area contributed by atoms with Gasteiger partial charge in [0.2, 0.25) is 5.95 Å². The Kier molecular flexibility index (Phi) is 4.71. The molecule has 6 rings (SSSR count). The molecule has 0 fully saturated rings. The first-order chi connectivity index (χ1) is 16.2. The fourth-order valence-corrected chi connectivity index (χ4v) is 4.30. The molecule has 11 nitrogen and oxygen atoms in total. The number of rotatable bonds is 5. The van der Waals surface area contributed by atoms with Crippen molar-refractivity contribution in [2.45, 2.75) is 31.8 Å². The van der Waals surface area contributed by atoms with Crippen LogP contribution in [0.2, 0.25) is 0 Å². The lowest BCUT2D eigenvalue weighted by molar-refractivity contribution is 0.102. The van der Waals surface area contributed by atoms with Gasteiger partial charge in [0, 0.05) is 31.4 Å². The van der Waals surface area contributed by atoms with Crippen molar-refractivity contribution in [3.05, 3.63) is 71.0 Å². The van der Waals surface area contributed by atoms with Crippen molar-refractivity contribution < 1.29 is 9.21 Å². The fourth-order valence-electron chi connectivity index (χ4n) is 4.30. The number of benzene rings is 1. The molecule has 0 unspecified atom stereocenters. The van der Waals surface area contributed by atoms with Crippen LogP contribution in [0.25, 0.3) is 0 Å². The molecule has 1 aliphatic carbocycles. The van der Waals surface area contributed by atoms with E-state index in [0.29, 0.717) is 23.9 Å². The number of fused-ring (bicyclic) bond motifs is 2. The molecule has 3 aromatic heterocycles. The van der Waals surface area contributed by atoms with Crippen molar-refractivity contribution in [1.29, 1.82) is 0 Å². The summed E-state index contributed by atoms with van der Waals surface area (Å²) in [6, 6.07) is 8.77. The van der Waals surface area contributed by atoms with Crippen LogP contribution in [0.5, 0.6) is 0 Å². The number of carbonyl (C=O) groups is 1. The number of amides is 1. The summed E-state index contributed by atoms with van der Waals surface area (Å²) in [4.78, 5) is 27.6. The zero-order valence-corrected chi connectivity index (χ0v) is 17.7. The van der Waals surface area contributed by atoms with E-state index in [1.807, 2.05) is 4.90 Å². The molecule has 1 aromatic carbocycles. The van der Waals surface area contributed by atoms with Gasteiger partial charge in [0.05, 0.1) is 17.8 Å². The molecular formula is C22H21N9O2. The van der Waals surface area contributed by atoms with Gasteiger partial charge < -0.3 is 14.6 Å². The van der Waals surface area contributed by atoms with E-state index in [0.717, 1.165) is 37.2 Å². The Bertz CT molecular complexity index is 1270. The minimum atomic E-state index is -0.388. The van der Waals surface area contributed by atoms with Crippen LogP contribution in [-0.4, -0.2) is 48.9 Å². The number of H-pyrrole nitrogens is 1. The molecule has 11 heteroatoms. The van der Waals surface area contributed by atoms with Crippen LogP contribution in [0.1, 0.15) is 32.9 Å². The van der Waals surface area contributed by atoms with E-state index in [9.17, 15) is 4.79 Å². The average molecular weight is 443 g/mol. The second-order valence-electron chi connectivity index (χ2n) is 8.17. The highest BCUT2D eigenvalue weighted by Crippen LogP contribution is 2.24. The van der Waals surface area contributed by atoms with Gasteiger partial charge in [0.25, 0.3) is 5.91 Å². The zero-order chi connectivity index (χ0) is 22.2. The van der Waals surface area contributed by atoms with Crippen molar-refractivity contribution >= 4 is 23.7 Å². The first kappa shape index (κ1) is 19.4. The SMILES string of the molecule is O=C(Nc1nc(N2CCc3n[nH]nc3C2)co1)c1cnc(NC2Cc3ccccc3C2)nc1. The number of hydrogen-bond acceptors (Lipinski definition) is 9. The van der Waals surface area contributed by atoms with Crippen LogP contribution in [0, 0.1) is 0 Å². The van der Waals surface area contributed by atoms with Crippen molar-refractivity contribution in [3.63, 3.8) is 0 Å². The first-order valence-electron chi connectivity index (χ1n) is 10.8. The van der Waals surface area contributed by atoms with Crippen LogP contribution in [-0.2, 0) is 25.8 Å². The summed E-state index contributed by atoms with van der Waals surface area (Å²) < 4.78 is 5.44. The molecule has 33 heavy (non-hydrogen) atoms. The van der Waals surface area contributed by atoms with Crippen molar-refractivity contribution in [3.8, 4) is 0 Å². The second kappa shape index (κ2) is 8.01. The summed E-state index contributed by atoms with van der Waals surface area (Å²) in [5.74, 6) is 0.744. The van der Waals surface area contributed by atoms with Crippen LogP contribution >= 0.6 is 0 Å². The molecule has 1 aliphatic heterocycles. The van der Waals surface area contributed by atoms with Gasteiger partial charge in [0.1, 0.15) is 12.0 Å². The molecule has 0 saturated heterocycles. The van der Waals surface area contributed by atoms with Gasteiger partial charge in [-0.2, -0.15) is 20.4 Å². The molecule has 166 valence electrons. The molecule has 1 amide bonds. The minimum absolute atomic E-state index is 0.117. The number of aromatic nitrogens is 6. The highest BCUT2D eigenvalue weighted by Gasteiger charge is 2.23. The minimum Gasteiger partial charge on any atom is -0.430 e. The molecule has 0 radical (unpaired) electrons. The normalized spacial score (nSPS) is 15.2. The van der Waals surface area contributed by atoms with Gasteiger partial charge in [-0.3, -0.25) is 10.1 Å². The van der Waals surface area contributed by atoms with Gasteiger partial charge in [-0.1, -0.05) is 24.3 Å². The van der Waals surface area contributed by atoms with Crippen LogP contribution in [0.4, 0.5) is 17.8 Å². The monoisotopic (exact) mass is 443 g/mol. The summed E-state index contributed by atoms with van der Waals surface area (Å²) in [5.41, 5.74) is 4.88. The highest BCUT2D eigenvalue weighted by molar-refractivity contribution is 6.02. The fraction of sp³-hybridized carbons (Fsp3) is 0.273. The molecule has 0 spiro atoms. The van der Waals surface area contributed by atoms with E-state index in [2.05, 4.69) is 65.3 Å². The maximum Gasteiger partial charge on any atom is 0.303 e. The number of hydrogen-bond donors (Lipinski definition) is 3. The maximum atomic E-state index is 12.6. The van der Waals surface area contributed by atoms with Gasteiger partial charge >= 0.3 is 6.01 Å². The summed E-state index contributed by atoms with van der Waals surface area (Å²) in [5, 5.41) is 16.9. The third-order valence-electron chi connectivity index (χ3n) is 6.00. The molecule has 4 heterocycles. The summed E-state index contributed by atoms with van der Waals surface area (Å²) in [7, 11) is 0. The number of nitrogens with one attached hydrogen (secondary N) is 3. The number of nitrogens with zero attached hydrogens (tertiary/aromatic N) is 6. The summed E-state index contributed by atoms with van der Waals surface area (Å²) in [6.45, 7) is 1.33. The Labute approximate surface area is 188 Å². The average Bonchev–Trinajstić information content (AvgIpc) is 3.58. The molecule has 3 N–H and O–H groups in total. The van der Waals surface area contributed by atoms with E-state index < -0.39 is 0 Å². The molecular weight excluding hydrogens is 422 g/mol. The Hall–Kier alpha value is -4.28. The third kappa shape index (κ3) is 3.88. The maximum absolute atomic E-state index is 12.6. The Morgan fingerprint density at radius 1 is 1.09 bits per heavy atom. The van der Waals surface area contributed by atoms with E-state index >= 15 is 0 Å². The molecule has 4 aromatic rings. The standard InChI is InChI=1S/C22H21N9O2/c32-20(27-22-26-19(12-33-22)31-6-5-17-18(11-31)29-30-28-17)15-9-23-21(24-10-15)25-16-7-13-3-1-2-4-14(13)8-16/h1-4,9-10,12,16H,5-8,11H2,(H,23,24,25)(H,26,27,32)(H,28,29,30). The van der Waals surface area contributed by atoms with Crippen molar-refractivity contribution in [2.24, 2.45) is 0 Å². The van der Waals surface area contributed by atoms with E-state index in [1.54, 1.807) is 0 Å². The van der Waals surface area contributed by atoms with E-state index in [-0.39, 0.29) is 18.0 Å². The van der Waals surface area contributed by atoms with E-state index in [1.165, 1.54) is 29.8 Å². The Morgan fingerprint density at radius 2 is 1.85 bits per heavy atom. The lowest BCUT2D eigenvalue weighted by Gasteiger charge is -2.24. The topological polar surface area (TPSA) is 138 Å².